The fraction of sp³-hybridized carbons (Fsp3) is 0.533. The Bertz CT molecular complexity index is 700. The molecule has 0 unspecified atom stereocenters. The van der Waals surface area contributed by atoms with E-state index in [1.165, 1.54) is 0 Å². The molecule has 0 spiro atoms. The first kappa shape index (κ1) is 14.0. The number of rotatable bonds is 3. The van der Waals surface area contributed by atoms with E-state index in [2.05, 4.69) is 25.1 Å². The number of aromatic nitrogens is 4. The van der Waals surface area contributed by atoms with Gasteiger partial charge in [0.1, 0.15) is 5.82 Å². The lowest BCUT2D eigenvalue weighted by molar-refractivity contribution is 0.238. The van der Waals surface area contributed by atoms with Gasteiger partial charge in [-0.2, -0.15) is 5.10 Å². The molecular formula is C15H21N5O. The zero-order chi connectivity index (χ0) is 15.0. The summed E-state index contributed by atoms with van der Waals surface area (Å²) in [6.45, 7) is 8.38. The highest BCUT2D eigenvalue weighted by atomic mass is 16.1. The van der Waals surface area contributed by atoms with Gasteiger partial charge in [-0.3, -0.25) is 14.8 Å². The highest BCUT2D eigenvalue weighted by molar-refractivity contribution is 5.22. The highest BCUT2D eigenvalue weighted by Gasteiger charge is 2.22. The van der Waals surface area contributed by atoms with Crippen LogP contribution in [0.4, 0.5) is 0 Å². The van der Waals surface area contributed by atoms with Gasteiger partial charge < -0.3 is 4.98 Å². The van der Waals surface area contributed by atoms with Gasteiger partial charge in [-0.05, 0) is 13.0 Å². The number of fused-ring (bicyclic) bond motifs is 1. The van der Waals surface area contributed by atoms with Gasteiger partial charge in [0.2, 0.25) is 0 Å². The first-order valence-electron chi connectivity index (χ1n) is 7.38. The Kier molecular flexibility index (Phi) is 3.63. The zero-order valence-corrected chi connectivity index (χ0v) is 12.7. The minimum atomic E-state index is 0.00612. The molecule has 0 fully saturated rings. The van der Waals surface area contributed by atoms with Crippen molar-refractivity contribution in [3.8, 4) is 0 Å². The molecule has 3 heterocycles. The second-order valence-electron chi connectivity index (χ2n) is 6.03. The molecule has 6 heteroatoms. The zero-order valence-electron chi connectivity index (χ0n) is 12.7. The van der Waals surface area contributed by atoms with Gasteiger partial charge in [-0.25, -0.2) is 4.98 Å². The minimum absolute atomic E-state index is 0.00612. The van der Waals surface area contributed by atoms with E-state index < -0.39 is 0 Å². The number of hydrogen-bond acceptors (Lipinski definition) is 4. The Hall–Kier alpha value is -1.95. The summed E-state index contributed by atoms with van der Waals surface area (Å²) in [5, 5.41) is 7.21. The second-order valence-corrected chi connectivity index (χ2v) is 6.03. The summed E-state index contributed by atoms with van der Waals surface area (Å²) in [5.74, 6) is 1.03. The Balaban J connectivity index is 1.81. The molecule has 0 saturated carbocycles. The van der Waals surface area contributed by atoms with Gasteiger partial charge in [-0.15, -0.1) is 0 Å². The topological polar surface area (TPSA) is 77.7 Å². The van der Waals surface area contributed by atoms with Crippen LogP contribution in [0, 0.1) is 6.92 Å². The van der Waals surface area contributed by atoms with Crippen LogP contribution in [-0.2, 0) is 19.5 Å². The third-order valence-electron chi connectivity index (χ3n) is 3.86. The number of aromatic amines is 2. The number of aryl methyl sites for hydroxylation is 1. The number of H-pyrrole nitrogens is 2. The van der Waals surface area contributed by atoms with E-state index >= 15 is 0 Å². The maximum atomic E-state index is 12.2. The number of nitrogens with one attached hydrogen (secondary N) is 2. The minimum Gasteiger partial charge on any atom is -0.310 e. The monoisotopic (exact) mass is 287 g/mol. The molecule has 0 aromatic carbocycles. The van der Waals surface area contributed by atoms with Crippen molar-refractivity contribution in [1.82, 2.24) is 25.1 Å². The average Bonchev–Trinajstić information content (AvgIpc) is 2.84. The molecule has 2 N–H and O–H groups in total. The summed E-state index contributed by atoms with van der Waals surface area (Å²) in [6.07, 6.45) is 0.822. The lowest BCUT2D eigenvalue weighted by Gasteiger charge is -2.27. The van der Waals surface area contributed by atoms with Crippen LogP contribution in [0.3, 0.4) is 0 Å². The first-order valence-corrected chi connectivity index (χ1v) is 7.38. The molecule has 2 aromatic heterocycles. The van der Waals surface area contributed by atoms with Crippen LogP contribution in [0.15, 0.2) is 10.9 Å². The summed E-state index contributed by atoms with van der Waals surface area (Å²) in [6, 6.07) is 2.04. The van der Waals surface area contributed by atoms with Crippen molar-refractivity contribution < 1.29 is 0 Å². The van der Waals surface area contributed by atoms with E-state index in [9.17, 15) is 4.79 Å². The molecule has 6 nitrogen and oxygen atoms in total. The fourth-order valence-electron chi connectivity index (χ4n) is 2.69. The molecule has 2 aromatic rings. The second kappa shape index (κ2) is 5.44. The summed E-state index contributed by atoms with van der Waals surface area (Å²) in [5.41, 5.74) is 3.84. The van der Waals surface area contributed by atoms with Crippen LogP contribution in [0.2, 0.25) is 0 Å². The van der Waals surface area contributed by atoms with E-state index in [0.717, 1.165) is 48.0 Å². The van der Waals surface area contributed by atoms with E-state index in [4.69, 9.17) is 0 Å². The number of nitrogens with zero attached hydrogens (tertiary/aromatic N) is 3. The van der Waals surface area contributed by atoms with Crippen LogP contribution < -0.4 is 5.56 Å². The lowest BCUT2D eigenvalue weighted by Crippen LogP contribution is -2.36. The molecule has 0 bridgehead atoms. The average molecular weight is 287 g/mol. The quantitative estimate of drug-likeness (QED) is 0.896. The predicted octanol–water partition coefficient (Wildman–Crippen LogP) is 1.48. The third-order valence-corrected chi connectivity index (χ3v) is 3.86. The van der Waals surface area contributed by atoms with Crippen LogP contribution in [0.1, 0.15) is 48.2 Å². The number of hydrogen-bond donors (Lipinski definition) is 2. The summed E-state index contributed by atoms with van der Waals surface area (Å²) < 4.78 is 0. The Morgan fingerprint density at radius 2 is 2.24 bits per heavy atom. The van der Waals surface area contributed by atoms with E-state index in [1.54, 1.807) is 0 Å². The highest BCUT2D eigenvalue weighted by Crippen LogP contribution is 2.17. The van der Waals surface area contributed by atoms with Crippen molar-refractivity contribution in [3.63, 3.8) is 0 Å². The first-order chi connectivity index (χ1) is 10.0. The van der Waals surface area contributed by atoms with Gasteiger partial charge in [0.15, 0.2) is 0 Å². The van der Waals surface area contributed by atoms with Crippen LogP contribution in [0.5, 0.6) is 0 Å². The molecule has 3 rings (SSSR count). The van der Waals surface area contributed by atoms with E-state index in [0.29, 0.717) is 6.54 Å². The maximum absolute atomic E-state index is 12.2. The predicted molar refractivity (Wildman–Crippen MR) is 80.1 cm³/mol. The lowest BCUT2D eigenvalue weighted by atomic mass is 10.1. The fourth-order valence-corrected chi connectivity index (χ4v) is 2.69. The third kappa shape index (κ3) is 2.90. The van der Waals surface area contributed by atoms with Gasteiger partial charge in [0, 0.05) is 37.7 Å². The molecule has 21 heavy (non-hydrogen) atoms. The maximum Gasteiger partial charge on any atom is 0.255 e. The van der Waals surface area contributed by atoms with Gasteiger partial charge in [0.05, 0.1) is 17.0 Å². The van der Waals surface area contributed by atoms with Crippen molar-refractivity contribution in [2.24, 2.45) is 0 Å². The van der Waals surface area contributed by atoms with Crippen molar-refractivity contribution in [1.29, 1.82) is 0 Å². The van der Waals surface area contributed by atoms with Crippen LogP contribution in [0.25, 0.3) is 0 Å². The van der Waals surface area contributed by atoms with Gasteiger partial charge >= 0.3 is 0 Å². The van der Waals surface area contributed by atoms with E-state index in [-0.39, 0.29) is 11.5 Å². The smallest absolute Gasteiger partial charge is 0.255 e. The molecule has 0 amide bonds. The summed E-state index contributed by atoms with van der Waals surface area (Å²) in [4.78, 5) is 22.0. The normalized spacial score (nSPS) is 15.4. The van der Waals surface area contributed by atoms with E-state index in [1.807, 2.05) is 26.8 Å². The SMILES string of the molecule is Cc1cc(CN2CCc3nc(C(C)C)[nH]c(=O)c3C2)n[nH]1. The molecule has 112 valence electrons. The Morgan fingerprint density at radius 1 is 1.43 bits per heavy atom. The molecule has 0 saturated heterocycles. The van der Waals surface area contributed by atoms with Crippen LogP contribution in [-0.4, -0.2) is 31.6 Å². The van der Waals surface area contributed by atoms with Gasteiger partial charge in [0.25, 0.3) is 5.56 Å². The molecule has 0 radical (unpaired) electrons. The van der Waals surface area contributed by atoms with Crippen molar-refractivity contribution in [3.05, 3.63) is 44.9 Å². The van der Waals surface area contributed by atoms with Crippen molar-refractivity contribution >= 4 is 0 Å². The Morgan fingerprint density at radius 3 is 2.90 bits per heavy atom. The van der Waals surface area contributed by atoms with Crippen LogP contribution >= 0.6 is 0 Å². The molecule has 1 aliphatic heterocycles. The summed E-state index contributed by atoms with van der Waals surface area (Å²) in [7, 11) is 0. The summed E-state index contributed by atoms with van der Waals surface area (Å²) >= 11 is 0. The molecule has 1 aliphatic rings. The largest absolute Gasteiger partial charge is 0.310 e. The van der Waals surface area contributed by atoms with Gasteiger partial charge in [-0.1, -0.05) is 13.8 Å². The molecular weight excluding hydrogens is 266 g/mol. The molecule has 0 aliphatic carbocycles. The van der Waals surface area contributed by atoms with Crippen molar-refractivity contribution in [2.45, 2.75) is 46.2 Å². The molecule has 0 atom stereocenters. The standard InChI is InChI=1S/C15H21N5O/c1-9(2)14-16-13-4-5-20(8-12(13)15(21)17-14)7-11-6-10(3)18-19-11/h6,9H,4-5,7-8H2,1-3H3,(H,18,19)(H,16,17,21). The van der Waals surface area contributed by atoms with Crippen molar-refractivity contribution in [2.75, 3.05) is 6.54 Å². The Labute approximate surface area is 123 Å².